The van der Waals surface area contributed by atoms with Gasteiger partial charge < -0.3 is 15.2 Å². The Morgan fingerprint density at radius 3 is 1.18 bits per heavy atom. The second-order valence-electron chi connectivity index (χ2n) is 16.2. The van der Waals surface area contributed by atoms with Crippen LogP contribution >= 0.6 is 11.6 Å². The summed E-state index contributed by atoms with van der Waals surface area (Å²) in [5, 5.41) is 35.1. The van der Waals surface area contributed by atoms with E-state index in [4.69, 9.17) is 20.7 Å². The molecule has 445 valence electrons. The molecule has 0 spiro atoms. The number of nitrogens with one attached hydrogen (secondary N) is 2. The normalized spacial score (nSPS) is 13.8. The maximum Gasteiger partial charge on any atom is 0.397 e. The van der Waals surface area contributed by atoms with Gasteiger partial charge in [-0.2, -0.15) is 65.7 Å². The number of fused-ring (bicyclic) bond motifs is 2. The summed E-state index contributed by atoms with van der Waals surface area (Å²) >= 11 is 6.27. The van der Waals surface area contributed by atoms with E-state index < -0.39 is 207 Å². The van der Waals surface area contributed by atoms with Crippen LogP contribution in [-0.2, 0) is 89.3 Å². The van der Waals surface area contributed by atoms with Gasteiger partial charge in [0.25, 0.3) is 40.5 Å². The van der Waals surface area contributed by atoms with Gasteiger partial charge in [0.05, 0.1) is 77.8 Å². The number of nitrogens with zero attached hydrogens (tertiary/aromatic N) is 7. The Labute approximate surface area is 499 Å². The topological polar surface area (TPSA) is 572 Å². The van der Waals surface area contributed by atoms with Gasteiger partial charge in [0.1, 0.15) is 21.2 Å². The summed E-state index contributed by atoms with van der Waals surface area (Å²) in [4.78, 5) is 11.6. The molecule has 0 aliphatic heterocycles. The summed E-state index contributed by atoms with van der Waals surface area (Å²) in [6.07, 6.45) is 0. The standard InChI is InChI=1S/C39H32ClN9O26S8.Na/c40-37-43-38(41-27-17-25(78(56,57)58)13-19-15-29(80(62,63)64)33(35(50)31(19)27)48-46-21-1-5-23(6-2-21)76(52,53)11-9-74-82(68,69)70)45-39(44-37)42-28-18-26(79(59,60)61)14-20-16-30(81(65,66)67)34(36(51)32(20)28)49-47-22-3-7-24(8-4-22)77(54,55)12-10-75-83(71,72)73;/h1-8,13-18,50-51H,9-12H2,(H,56,57,58)(H,59,60,61)(H,62,63,64)(H,65,66,67)(H,68,69,70)(H,71,72,73)(H2,41,42,43,44,45);. The van der Waals surface area contributed by atoms with Crippen LogP contribution in [0, 0.1) is 0 Å². The van der Waals surface area contributed by atoms with Crippen molar-refractivity contribution in [2.24, 2.45) is 30.4 Å². The van der Waals surface area contributed by atoms with Gasteiger partial charge >= 0.3 is 20.8 Å². The Bertz CT molecular complexity index is 4720. The molecule has 84 heavy (non-hydrogen) atoms. The summed E-state index contributed by atoms with van der Waals surface area (Å²) in [6.45, 7) is -1.95. The fourth-order valence-corrected chi connectivity index (χ4v) is 12.6. The van der Waals surface area contributed by atoms with Crippen molar-refractivity contribution in [2.45, 2.75) is 29.4 Å². The van der Waals surface area contributed by atoms with Gasteiger partial charge in [0.15, 0.2) is 31.2 Å². The summed E-state index contributed by atoms with van der Waals surface area (Å²) in [5.41, 5.74) is -5.58. The molecule has 7 aromatic rings. The predicted octanol–water partition coefficient (Wildman–Crippen LogP) is 3.20. The van der Waals surface area contributed by atoms with Crippen molar-refractivity contribution in [3.05, 3.63) is 101 Å². The second kappa shape index (κ2) is 24.7. The van der Waals surface area contributed by atoms with Crippen molar-refractivity contribution in [2.75, 3.05) is 24.7 Å². The minimum Gasteiger partial charge on any atom is -0.505 e. The number of phenolic OH excluding ortho intramolecular Hbond substituents is 2. The number of aromatic hydroxyl groups is 2. The Morgan fingerprint density at radius 2 is 0.833 bits per heavy atom. The minimum atomic E-state index is -5.46. The second-order valence-corrected chi connectivity index (χ2v) is 28.6. The van der Waals surface area contributed by atoms with Crippen LogP contribution in [-0.4, -0.2) is 174 Å². The molecule has 0 atom stereocenters. The van der Waals surface area contributed by atoms with Gasteiger partial charge in [-0.15, -0.1) is 10.2 Å². The number of aromatic nitrogens is 3. The molecule has 1 aromatic heterocycles. The number of hydrogen-bond acceptors (Lipinski definition) is 27. The van der Waals surface area contributed by atoms with E-state index in [1.54, 1.807) is 0 Å². The van der Waals surface area contributed by atoms with E-state index in [1.807, 2.05) is 0 Å². The fourth-order valence-electron chi connectivity index (χ4n) is 7.05. The predicted molar refractivity (Wildman–Crippen MR) is 285 cm³/mol. The van der Waals surface area contributed by atoms with E-state index in [2.05, 4.69) is 53.8 Å². The molecule has 0 saturated carbocycles. The van der Waals surface area contributed by atoms with E-state index in [-0.39, 0.29) is 40.9 Å². The Hall–Kier alpha value is -6.18. The molecule has 0 fully saturated rings. The number of rotatable bonds is 20. The smallest absolute Gasteiger partial charge is 0.397 e. The molecule has 1 heterocycles. The zero-order chi connectivity index (χ0) is 61.6. The zero-order valence-corrected chi connectivity index (χ0v) is 50.4. The molecule has 0 bridgehead atoms. The first kappa shape index (κ1) is 67.0. The molecule has 35 nitrogen and oxygen atoms in total. The number of phenols is 2. The van der Waals surface area contributed by atoms with Crippen molar-refractivity contribution in [1.29, 1.82) is 0 Å². The van der Waals surface area contributed by atoms with Crippen molar-refractivity contribution >= 4 is 178 Å². The first-order chi connectivity index (χ1) is 38.1. The Morgan fingerprint density at radius 1 is 0.464 bits per heavy atom. The molecular weight excluding hydrogens is 1330 g/mol. The van der Waals surface area contributed by atoms with E-state index in [0.29, 0.717) is 36.4 Å². The third-order valence-electron chi connectivity index (χ3n) is 10.6. The summed E-state index contributed by atoms with van der Waals surface area (Å²) in [7, 11) is -39.9. The number of azo groups is 2. The molecule has 0 aliphatic carbocycles. The number of hydrogen-bond donors (Lipinski definition) is 10. The summed E-state index contributed by atoms with van der Waals surface area (Å²) in [6, 6.07) is 11.3. The van der Waals surface area contributed by atoms with Crippen molar-refractivity contribution < 1.29 is 113 Å². The maximum absolute atomic E-state index is 12.7. The van der Waals surface area contributed by atoms with Gasteiger partial charge in [-0.3, -0.25) is 32.3 Å². The van der Waals surface area contributed by atoms with E-state index in [9.17, 15) is 95.8 Å². The molecule has 7 rings (SSSR count). The molecule has 10 N–H and O–H groups in total. The first-order valence-electron chi connectivity index (χ1n) is 21.4. The van der Waals surface area contributed by atoms with Crippen LogP contribution in [0.1, 0.15) is 0 Å². The summed E-state index contributed by atoms with van der Waals surface area (Å²) < 4.78 is 261. The molecular formula is C39H32ClN9NaO26S8. The Balaban J connectivity index is 0.0000113. The van der Waals surface area contributed by atoms with Crippen LogP contribution in [0.25, 0.3) is 21.5 Å². The number of benzene rings is 6. The van der Waals surface area contributed by atoms with E-state index in [0.717, 1.165) is 48.5 Å². The molecule has 1 radical (unpaired) electrons. The average molecular weight is 1360 g/mol. The van der Waals surface area contributed by atoms with Gasteiger partial charge in [0, 0.05) is 29.6 Å². The SMILES string of the molecule is O=S(=O)(O)OCCS(=O)(=O)c1ccc(N=Nc2c(S(=O)(=O)O)cc3cc(S(=O)(=O)O)cc(N=c4nc(Cl)[nH]c(=Nc5cc(S(=O)(=O)O)cc6cc(S(=O)(=O)O)c(N=Nc7ccc(S(=O)(=O)CCOS(=O)(=O)O)cc7)c(O)c56)[nH]4)c3c2O)cc1.[Na]. The van der Waals surface area contributed by atoms with E-state index in [1.165, 1.54) is 0 Å². The van der Waals surface area contributed by atoms with Crippen LogP contribution in [0.4, 0.5) is 34.1 Å². The summed E-state index contributed by atoms with van der Waals surface area (Å²) in [5.74, 6) is -4.32. The van der Waals surface area contributed by atoms with Crippen LogP contribution in [0.2, 0.25) is 5.28 Å². The number of H-pyrrole nitrogens is 2. The van der Waals surface area contributed by atoms with Gasteiger partial charge in [-0.25, -0.2) is 35.2 Å². The van der Waals surface area contributed by atoms with Gasteiger partial charge in [-0.1, -0.05) is 0 Å². The monoisotopic (exact) mass is 1360 g/mol. The zero-order valence-electron chi connectivity index (χ0n) is 41.1. The number of halogens is 1. The fraction of sp³-hybridized carbons (Fsp3) is 0.103. The molecule has 0 aliphatic rings. The number of aromatic amines is 2. The van der Waals surface area contributed by atoms with Crippen LogP contribution < -0.4 is 11.2 Å². The average Bonchev–Trinajstić information content (AvgIpc) is 1.57. The van der Waals surface area contributed by atoms with Crippen molar-refractivity contribution in [1.82, 2.24) is 15.0 Å². The minimum absolute atomic E-state index is 0. The van der Waals surface area contributed by atoms with Gasteiger partial charge in [-0.05, 0) is 107 Å². The molecule has 0 unspecified atom stereocenters. The van der Waals surface area contributed by atoms with E-state index >= 15 is 0 Å². The third-order valence-corrected chi connectivity index (χ3v) is 18.5. The Kier molecular flexibility index (Phi) is 19.7. The van der Waals surface area contributed by atoms with Crippen LogP contribution in [0.3, 0.4) is 0 Å². The largest absolute Gasteiger partial charge is 0.505 e. The maximum atomic E-state index is 12.7. The molecule has 0 amide bonds. The van der Waals surface area contributed by atoms with Crippen molar-refractivity contribution in [3.8, 4) is 11.5 Å². The number of sulfone groups is 2. The quantitative estimate of drug-likeness (QED) is 0.0297. The molecule has 0 saturated heterocycles. The third kappa shape index (κ3) is 16.6. The van der Waals surface area contributed by atoms with Gasteiger partial charge in [0.2, 0.25) is 16.5 Å². The van der Waals surface area contributed by atoms with Crippen molar-refractivity contribution in [3.63, 3.8) is 0 Å². The molecule has 6 aromatic carbocycles. The van der Waals surface area contributed by atoms with Crippen LogP contribution in [0.5, 0.6) is 11.5 Å². The first-order valence-corrected chi connectivity index (χ1v) is 33.5. The van der Waals surface area contributed by atoms with Crippen LogP contribution in [0.15, 0.2) is 145 Å². The molecule has 45 heteroatoms.